The van der Waals surface area contributed by atoms with Crippen LogP contribution in [0.1, 0.15) is 139 Å². The van der Waals surface area contributed by atoms with Crippen LogP contribution in [0.3, 0.4) is 0 Å². The number of hydrogen-bond acceptors (Lipinski definition) is 7. The Kier molecular flexibility index (Phi) is 11.9. The molecule has 0 aliphatic heterocycles. The fraction of sp³-hybridized carbons (Fsp3) is 0.750. The van der Waals surface area contributed by atoms with Gasteiger partial charge in [-0.1, -0.05) is 84.4 Å². The highest BCUT2D eigenvalue weighted by Gasteiger charge is 2.71. The van der Waals surface area contributed by atoms with Gasteiger partial charge in [0.25, 0.3) is 0 Å². The molecule has 0 aromatic heterocycles. The van der Waals surface area contributed by atoms with E-state index < -0.39 is 28.9 Å². The van der Waals surface area contributed by atoms with Gasteiger partial charge in [-0.3, -0.25) is 24.1 Å². The Morgan fingerprint density at radius 2 is 1.61 bits per heavy atom. The number of aliphatic carboxylic acids is 1. The van der Waals surface area contributed by atoms with Gasteiger partial charge in [-0.15, -0.1) is 0 Å². The number of carboxylic acid groups (broad SMARTS) is 1. The Morgan fingerprint density at radius 1 is 0.930 bits per heavy atom. The van der Waals surface area contributed by atoms with E-state index >= 15 is 0 Å². The number of allylic oxidation sites excluding steroid dienone is 1. The molecule has 0 spiro atoms. The van der Waals surface area contributed by atoms with Crippen molar-refractivity contribution >= 4 is 23.6 Å². The van der Waals surface area contributed by atoms with E-state index in [1.165, 1.54) is 12.5 Å². The van der Waals surface area contributed by atoms with Crippen LogP contribution in [0.5, 0.6) is 0 Å². The molecule has 316 valence electrons. The van der Waals surface area contributed by atoms with Crippen LogP contribution in [0.15, 0.2) is 41.5 Å². The zero-order valence-corrected chi connectivity index (χ0v) is 36.6. The number of rotatable bonds is 13. The summed E-state index contributed by atoms with van der Waals surface area (Å²) in [6.07, 6.45) is 6.83. The lowest BCUT2D eigenvalue weighted by molar-refractivity contribution is -0.235. The second-order valence-corrected chi connectivity index (χ2v) is 21.3. The molecule has 0 heterocycles. The topological polar surface area (TPSA) is 133 Å². The number of esters is 1. The maximum atomic E-state index is 14.3. The summed E-state index contributed by atoms with van der Waals surface area (Å²) in [7, 11) is 0. The fourth-order valence-electron chi connectivity index (χ4n) is 13.8. The smallest absolute Gasteiger partial charge is 0.309 e. The number of nitrogens with zero attached hydrogens (tertiary/aromatic N) is 1. The zero-order valence-electron chi connectivity index (χ0n) is 36.6. The van der Waals surface area contributed by atoms with E-state index in [1.807, 2.05) is 18.2 Å². The summed E-state index contributed by atoms with van der Waals surface area (Å²) in [6.45, 7) is 23.3. The lowest BCUT2D eigenvalue weighted by Gasteiger charge is -2.72. The molecule has 4 fully saturated rings. The summed E-state index contributed by atoms with van der Waals surface area (Å²) >= 11 is 0. The maximum Gasteiger partial charge on any atom is 0.309 e. The highest BCUT2D eigenvalue weighted by molar-refractivity contribution is 6.00. The summed E-state index contributed by atoms with van der Waals surface area (Å²) in [6, 6.07) is 10.3. The van der Waals surface area contributed by atoms with E-state index in [-0.39, 0.29) is 57.7 Å². The monoisotopic (exact) mass is 789 g/mol. The first-order valence-electron chi connectivity index (χ1n) is 21.9. The molecular formula is C48H72N2O7. The van der Waals surface area contributed by atoms with E-state index in [1.54, 1.807) is 13.8 Å². The Hall–Kier alpha value is -3.04. The number of amides is 1. The molecule has 5 aliphatic carbocycles. The van der Waals surface area contributed by atoms with Gasteiger partial charge in [0, 0.05) is 50.4 Å². The quantitative estimate of drug-likeness (QED) is 0.170. The first kappa shape index (κ1) is 43.5. The molecule has 1 amide bonds. The van der Waals surface area contributed by atoms with Crippen molar-refractivity contribution in [2.75, 3.05) is 19.6 Å². The van der Waals surface area contributed by atoms with Gasteiger partial charge in [-0.2, -0.15) is 0 Å². The summed E-state index contributed by atoms with van der Waals surface area (Å²) < 4.78 is 6.19. The molecule has 6 rings (SSSR count). The van der Waals surface area contributed by atoms with Gasteiger partial charge in [-0.25, -0.2) is 0 Å². The van der Waals surface area contributed by atoms with Crippen LogP contribution in [0, 0.1) is 56.2 Å². The highest BCUT2D eigenvalue weighted by Crippen LogP contribution is 2.77. The maximum absolute atomic E-state index is 14.3. The molecule has 1 aromatic carbocycles. The molecule has 9 atom stereocenters. The molecule has 3 N–H and O–H groups in total. The van der Waals surface area contributed by atoms with Crippen molar-refractivity contribution in [3.8, 4) is 0 Å². The molecule has 4 saturated carbocycles. The van der Waals surface area contributed by atoms with Gasteiger partial charge in [0.1, 0.15) is 6.10 Å². The van der Waals surface area contributed by atoms with Gasteiger partial charge >= 0.3 is 11.9 Å². The summed E-state index contributed by atoms with van der Waals surface area (Å²) in [5.74, 6) is -0.209. The van der Waals surface area contributed by atoms with Crippen molar-refractivity contribution in [2.24, 2.45) is 56.2 Å². The van der Waals surface area contributed by atoms with Crippen molar-refractivity contribution in [1.82, 2.24) is 10.2 Å². The standard InChI is InChI=1S/C48H72N2O7/c1-30(2)40-34(52)26-48(37(53)29-50(25-24-49-31(3)51)28-32-14-12-11-13-15-32)23-22-46(9)33(41(40)48)16-17-36-45(8)20-19-38(57-39(54)27-43(4,5)42(55)56)44(6,7)35(45)18-21-47(36,46)10/h11-15,30,33,35-38,53H,16-29H2,1-10H3,(H,49,51)(H,55,56)/t33-,35+,36-,37+,38-,45+,46-,47-,48+/m1/s1. The molecular weight excluding hydrogens is 717 g/mol. The Labute approximate surface area is 342 Å². The first-order chi connectivity index (χ1) is 26.5. The highest BCUT2D eigenvalue weighted by atomic mass is 16.5. The van der Waals surface area contributed by atoms with Crippen LogP contribution in [-0.4, -0.2) is 70.6 Å². The van der Waals surface area contributed by atoms with Gasteiger partial charge in [0.05, 0.1) is 17.9 Å². The summed E-state index contributed by atoms with van der Waals surface area (Å²) in [5.41, 5.74) is 1.32. The van der Waals surface area contributed by atoms with Crippen molar-refractivity contribution < 1.29 is 34.1 Å². The predicted molar refractivity (Wildman–Crippen MR) is 222 cm³/mol. The normalized spacial score (nSPS) is 35.2. The van der Waals surface area contributed by atoms with Gasteiger partial charge in [0.15, 0.2) is 5.78 Å². The number of benzene rings is 1. The number of aliphatic hydroxyl groups is 1. The minimum atomic E-state index is -1.18. The van der Waals surface area contributed by atoms with Crippen LogP contribution >= 0.6 is 0 Å². The molecule has 0 radical (unpaired) electrons. The van der Waals surface area contributed by atoms with Crippen molar-refractivity contribution in [3.05, 3.63) is 47.0 Å². The number of nitrogens with one attached hydrogen (secondary N) is 1. The fourth-order valence-corrected chi connectivity index (χ4v) is 13.8. The average Bonchev–Trinajstić information content (AvgIpc) is 3.43. The molecule has 0 saturated heterocycles. The third-order valence-electron chi connectivity index (χ3n) is 17.0. The molecule has 0 unspecified atom stereocenters. The second-order valence-electron chi connectivity index (χ2n) is 21.3. The summed E-state index contributed by atoms with van der Waals surface area (Å²) in [4.78, 5) is 53.3. The molecule has 57 heavy (non-hydrogen) atoms. The van der Waals surface area contributed by atoms with E-state index in [2.05, 4.69) is 70.8 Å². The van der Waals surface area contributed by atoms with Gasteiger partial charge in [-0.05, 0) is 116 Å². The SMILES string of the molecule is CC(=O)NCCN(Cc1ccccc1)C[C@H](O)[C@@]12CC[C@]3(C)[C@H](CC[C@@H]4[C@@]5(C)CC[C@@H](OC(=O)CC(C)(C)C(=O)O)C(C)(C)[C@@H]5CC[C@]43C)C1=C(C(C)C)C(=O)C2. The number of aliphatic hydroxyl groups excluding tert-OH is 1. The Morgan fingerprint density at radius 3 is 2.25 bits per heavy atom. The van der Waals surface area contributed by atoms with E-state index in [9.17, 15) is 29.4 Å². The number of fused-ring (bicyclic) bond motifs is 7. The zero-order chi connectivity index (χ0) is 41.9. The largest absolute Gasteiger partial charge is 0.481 e. The molecule has 1 aromatic rings. The predicted octanol–water partition coefficient (Wildman–Crippen LogP) is 8.38. The minimum absolute atomic E-state index is 0.0157. The first-order valence-corrected chi connectivity index (χ1v) is 21.9. The molecule has 9 heteroatoms. The average molecular weight is 789 g/mol. The third-order valence-corrected chi connectivity index (χ3v) is 17.0. The second kappa shape index (κ2) is 15.5. The lowest BCUT2D eigenvalue weighted by atomic mass is 9.33. The number of ketones is 1. The Balaban J connectivity index is 1.28. The van der Waals surface area contributed by atoms with Crippen LogP contribution in [0.2, 0.25) is 0 Å². The van der Waals surface area contributed by atoms with Crippen molar-refractivity contribution in [2.45, 2.75) is 152 Å². The van der Waals surface area contributed by atoms with E-state index in [0.717, 1.165) is 62.5 Å². The lowest BCUT2D eigenvalue weighted by Crippen LogP contribution is -2.66. The Bertz CT molecular complexity index is 1750. The number of carbonyl (C=O) groups excluding carboxylic acids is 3. The number of ether oxygens (including phenoxy) is 1. The molecule has 9 nitrogen and oxygen atoms in total. The van der Waals surface area contributed by atoms with Crippen LogP contribution in [-0.2, 0) is 30.5 Å². The van der Waals surface area contributed by atoms with Crippen molar-refractivity contribution in [1.29, 1.82) is 0 Å². The van der Waals surface area contributed by atoms with Crippen molar-refractivity contribution in [3.63, 3.8) is 0 Å². The number of carbonyl (C=O) groups is 4. The molecule has 5 aliphatic rings. The van der Waals surface area contributed by atoms with Crippen LogP contribution < -0.4 is 5.32 Å². The minimum Gasteiger partial charge on any atom is -0.481 e. The van der Waals surface area contributed by atoms with E-state index in [4.69, 9.17) is 4.74 Å². The third kappa shape index (κ3) is 7.44. The number of hydrogen-bond donors (Lipinski definition) is 3. The number of Topliss-reactive ketones (excluding diaryl/α,β-unsaturated/α-hetero) is 1. The van der Waals surface area contributed by atoms with Gasteiger partial charge < -0.3 is 20.3 Å². The summed E-state index contributed by atoms with van der Waals surface area (Å²) in [5, 5.41) is 25.2. The molecule has 0 bridgehead atoms. The van der Waals surface area contributed by atoms with Gasteiger partial charge in [0.2, 0.25) is 5.91 Å². The van der Waals surface area contributed by atoms with Crippen LogP contribution in [0.4, 0.5) is 0 Å². The van der Waals surface area contributed by atoms with Crippen LogP contribution in [0.25, 0.3) is 0 Å². The number of carboxylic acids is 1. The van der Waals surface area contributed by atoms with E-state index in [0.29, 0.717) is 44.4 Å².